The lowest BCUT2D eigenvalue weighted by molar-refractivity contribution is 0.496. The normalized spacial score (nSPS) is 12.1. The highest BCUT2D eigenvalue weighted by Crippen LogP contribution is 2.19. The maximum atomic E-state index is 5.89. The minimum Gasteiger partial charge on any atom is -0.321 e. The molecule has 0 atom stereocenters. The van der Waals surface area contributed by atoms with E-state index in [2.05, 4.69) is 21.0 Å². The molecular formula is C7H12BrN3. The van der Waals surface area contributed by atoms with E-state index in [-0.39, 0.29) is 5.54 Å². The summed E-state index contributed by atoms with van der Waals surface area (Å²) in [5, 5.41) is 4.13. The van der Waals surface area contributed by atoms with Crippen LogP contribution in [0.15, 0.2) is 10.7 Å². The van der Waals surface area contributed by atoms with Gasteiger partial charge in [0.25, 0.3) is 0 Å². The third kappa shape index (κ3) is 1.81. The highest BCUT2D eigenvalue weighted by molar-refractivity contribution is 9.10. The van der Waals surface area contributed by atoms with Crippen molar-refractivity contribution < 1.29 is 0 Å². The number of nitrogens with two attached hydrogens (primary N) is 1. The Morgan fingerprint density at radius 2 is 2.18 bits per heavy atom. The molecule has 3 nitrogen and oxygen atoms in total. The van der Waals surface area contributed by atoms with Gasteiger partial charge in [-0.1, -0.05) is 0 Å². The standard InChI is InChI=1S/C7H12BrN3/c1-7(2,9)5-4-6(8)10-11(5)3/h4H,9H2,1-3H3. The molecule has 0 aliphatic carbocycles. The summed E-state index contributed by atoms with van der Waals surface area (Å²) >= 11 is 3.29. The third-order valence-electron chi connectivity index (χ3n) is 1.51. The van der Waals surface area contributed by atoms with Crippen LogP contribution < -0.4 is 5.73 Å². The molecule has 0 amide bonds. The predicted octanol–water partition coefficient (Wildman–Crippen LogP) is 1.38. The first-order valence-corrected chi connectivity index (χ1v) is 4.19. The summed E-state index contributed by atoms with van der Waals surface area (Å²) in [6.45, 7) is 3.91. The lowest BCUT2D eigenvalue weighted by Crippen LogP contribution is -2.31. The first kappa shape index (κ1) is 8.74. The summed E-state index contributed by atoms with van der Waals surface area (Å²) in [5.74, 6) is 0. The first-order chi connectivity index (χ1) is 4.91. The Labute approximate surface area is 74.7 Å². The van der Waals surface area contributed by atoms with Crippen molar-refractivity contribution in [3.63, 3.8) is 0 Å². The summed E-state index contributed by atoms with van der Waals surface area (Å²) in [7, 11) is 1.88. The number of nitrogens with zero attached hydrogens (tertiary/aromatic N) is 2. The topological polar surface area (TPSA) is 43.8 Å². The van der Waals surface area contributed by atoms with Gasteiger partial charge < -0.3 is 5.73 Å². The molecular weight excluding hydrogens is 206 g/mol. The average molecular weight is 218 g/mol. The van der Waals surface area contributed by atoms with Crippen LogP contribution >= 0.6 is 15.9 Å². The molecule has 62 valence electrons. The van der Waals surface area contributed by atoms with Crippen LogP contribution in [0.5, 0.6) is 0 Å². The van der Waals surface area contributed by atoms with Crippen molar-refractivity contribution in [3.8, 4) is 0 Å². The van der Waals surface area contributed by atoms with Crippen LogP contribution in [-0.4, -0.2) is 9.78 Å². The van der Waals surface area contributed by atoms with Gasteiger partial charge in [0.15, 0.2) is 0 Å². The number of hydrogen-bond donors (Lipinski definition) is 1. The van der Waals surface area contributed by atoms with Crippen LogP contribution in [-0.2, 0) is 12.6 Å². The van der Waals surface area contributed by atoms with Crippen molar-refractivity contribution in [1.29, 1.82) is 0 Å². The van der Waals surface area contributed by atoms with Gasteiger partial charge in [0, 0.05) is 7.05 Å². The summed E-state index contributed by atoms with van der Waals surface area (Å²) < 4.78 is 2.61. The summed E-state index contributed by atoms with van der Waals surface area (Å²) in [6, 6.07) is 1.93. The van der Waals surface area contributed by atoms with Crippen LogP contribution in [0, 0.1) is 0 Å². The van der Waals surface area contributed by atoms with Crippen molar-refractivity contribution >= 4 is 15.9 Å². The minimum atomic E-state index is -0.326. The Morgan fingerprint density at radius 3 is 2.36 bits per heavy atom. The lowest BCUT2D eigenvalue weighted by Gasteiger charge is -2.17. The molecule has 0 fully saturated rings. The SMILES string of the molecule is Cn1nc(Br)cc1C(C)(C)N. The molecule has 0 spiro atoms. The molecule has 1 aromatic rings. The van der Waals surface area contributed by atoms with Crippen molar-refractivity contribution in [1.82, 2.24) is 9.78 Å². The maximum Gasteiger partial charge on any atom is 0.128 e. The average Bonchev–Trinajstić information content (AvgIpc) is 2.08. The van der Waals surface area contributed by atoms with E-state index in [9.17, 15) is 0 Å². The fraction of sp³-hybridized carbons (Fsp3) is 0.571. The molecule has 2 N–H and O–H groups in total. The van der Waals surface area contributed by atoms with Crippen LogP contribution in [0.1, 0.15) is 19.5 Å². The Balaban J connectivity index is 3.13. The summed E-state index contributed by atoms with van der Waals surface area (Å²) in [5.41, 5.74) is 6.58. The fourth-order valence-corrected chi connectivity index (χ4v) is 1.49. The van der Waals surface area contributed by atoms with Gasteiger partial charge in [-0.15, -0.1) is 0 Å². The molecule has 1 heterocycles. The third-order valence-corrected chi connectivity index (χ3v) is 1.90. The van der Waals surface area contributed by atoms with E-state index in [0.717, 1.165) is 10.3 Å². The molecule has 0 unspecified atom stereocenters. The Bertz CT molecular complexity index is 259. The Hall–Kier alpha value is -0.350. The number of hydrogen-bond acceptors (Lipinski definition) is 2. The molecule has 1 aromatic heterocycles. The van der Waals surface area contributed by atoms with Crippen molar-refractivity contribution in [3.05, 3.63) is 16.4 Å². The lowest BCUT2D eigenvalue weighted by atomic mass is 10.0. The van der Waals surface area contributed by atoms with E-state index >= 15 is 0 Å². The van der Waals surface area contributed by atoms with Gasteiger partial charge in [0.2, 0.25) is 0 Å². The molecule has 4 heteroatoms. The van der Waals surface area contributed by atoms with Crippen LogP contribution in [0.25, 0.3) is 0 Å². The van der Waals surface area contributed by atoms with E-state index in [4.69, 9.17) is 5.73 Å². The highest BCUT2D eigenvalue weighted by Gasteiger charge is 2.18. The first-order valence-electron chi connectivity index (χ1n) is 3.40. The van der Waals surface area contributed by atoms with E-state index in [0.29, 0.717) is 0 Å². The van der Waals surface area contributed by atoms with Crippen molar-refractivity contribution in [2.24, 2.45) is 12.8 Å². The van der Waals surface area contributed by atoms with Gasteiger partial charge in [-0.3, -0.25) is 4.68 Å². The van der Waals surface area contributed by atoms with Crippen LogP contribution in [0.4, 0.5) is 0 Å². The van der Waals surface area contributed by atoms with E-state index in [1.54, 1.807) is 4.68 Å². The summed E-state index contributed by atoms with van der Waals surface area (Å²) in [6.07, 6.45) is 0. The highest BCUT2D eigenvalue weighted by atomic mass is 79.9. The molecule has 0 saturated carbocycles. The van der Waals surface area contributed by atoms with E-state index in [1.165, 1.54) is 0 Å². The van der Waals surface area contributed by atoms with E-state index < -0.39 is 0 Å². The van der Waals surface area contributed by atoms with E-state index in [1.807, 2.05) is 27.0 Å². The van der Waals surface area contributed by atoms with Crippen LogP contribution in [0.3, 0.4) is 0 Å². The van der Waals surface area contributed by atoms with Crippen molar-refractivity contribution in [2.45, 2.75) is 19.4 Å². The quantitative estimate of drug-likeness (QED) is 0.773. The van der Waals surface area contributed by atoms with Crippen molar-refractivity contribution in [2.75, 3.05) is 0 Å². The second-order valence-electron chi connectivity index (χ2n) is 3.20. The fourth-order valence-electron chi connectivity index (χ4n) is 1.04. The smallest absolute Gasteiger partial charge is 0.128 e. The summed E-state index contributed by atoms with van der Waals surface area (Å²) in [4.78, 5) is 0. The number of aryl methyl sites for hydroxylation is 1. The Kier molecular flexibility index (Phi) is 2.07. The molecule has 0 saturated heterocycles. The molecule has 0 aliphatic heterocycles. The predicted molar refractivity (Wildman–Crippen MR) is 48.1 cm³/mol. The Morgan fingerprint density at radius 1 is 1.64 bits per heavy atom. The van der Waals surface area contributed by atoms with Crippen LogP contribution in [0.2, 0.25) is 0 Å². The molecule has 0 aliphatic rings. The zero-order valence-corrected chi connectivity index (χ0v) is 8.51. The minimum absolute atomic E-state index is 0.326. The maximum absolute atomic E-state index is 5.89. The zero-order chi connectivity index (χ0) is 8.65. The van der Waals surface area contributed by atoms with Gasteiger partial charge in [-0.05, 0) is 35.8 Å². The molecule has 1 rings (SSSR count). The number of aromatic nitrogens is 2. The number of rotatable bonds is 1. The second-order valence-corrected chi connectivity index (χ2v) is 4.01. The molecule has 0 bridgehead atoms. The number of halogens is 1. The largest absolute Gasteiger partial charge is 0.321 e. The second kappa shape index (κ2) is 2.60. The van der Waals surface area contributed by atoms with Gasteiger partial charge in [-0.2, -0.15) is 5.10 Å². The van der Waals surface area contributed by atoms with Gasteiger partial charge in [0.1, 0.15) is 4.60 Å². The van der Waals surface area contributed by atoms with Gasteiger partial charge in [0.05, 0.1) is 11.2 Å². The molecule has 0 aromatic carbocycles. The zero-order valence-electron chi connectivity index (χ0n) is 6.93. The van der Waals surface area contributed by atoms with Gasteiger partial charge in [-0.25, -0.2) is 0 Å². The van der Waals surface area contributed by atoms with Gasteiger partial charge >= 0.3 is 0 Å². The molecule has 0 radical (unpaired) electrons. The molecule has 11 heavy (non-hydrogen) atoms. The monoisotopic (exact) mass is 217 g/mol.